The van der Waals surface area contributed by atoms with Crippen LogP contribution in [-0.2, 0) is 21.2 Å². The molecule has 5 rings (SSSR count). The van der Waals surface area contributed by atoms with E-state index >= 15 is 0 Å². The maximum Gasteiger partial charge on any atom is 0.425 e. The molecule has 55 heavy (non-hydrogen) atoms. The minimum absolute atomic E-state index is 0.0370. The summed E-state index contributed by atoms with van der Waals surface area (Å²) in [6.07, 6.45) is -2.41. The number of carbonyl (C=O) groups is 3. The fourth-order valence-corrected chi connectivity index (χ4v) is 8.27. The number of para-hydroxylation sites is 1. The van der Waals surface area contributed by atoms with Crippen molar-refractivity contribution < 1.29 is 50.9 Å². The van der Waals surface area contributed by atoms with Crippen molar-refractivity contribution in [1.82, 2.24) is 14.8 Å². The second-order valence-electron chi connectivity index (χ2n) is 13.8. The van der Waals surface area contributed by atoms with Crippen LogP contribution in [0.25, 0.3) is 0 Å². The van der Waals surface area contributed by atoms with Crippen LogP contribution in [0.3, 0.4) is 0 Å². The van der Waals surface area contributed by atoms with Crippen molar-refractivity contribution in [2.45, 2.75) is 101 Å². The fourth-order valence-electron chi connectivity index (χ4n) is 7.59. The maximum atomic E-state index is 15.0. The van der Waals surface area contributed by atoms with Gasteiger partial charge < -0.3 is 24.4 Å². The summed E-state index contributed by atoms with van der Waals surface area (Å²) in [6.45, 7) is 2.36. The number of carbonyl (C=O) groups excluding carboxylic acids is 2. The quantitative estimate of drug-likeness (QED) is 0.120. The largest absolute Gasteiger partial charge is 0.493 e. The lowest BCUT2D eigenvalue weighted by atomic mass is 9.72. The molecule has 2 saturated heterocycles. The number of alkyl halides is 5. The SMILES string of the molecule is CCC[C@H]1N(C(=O)c2cnccc2C(F)F)CCC[C@@]1(Oc1csc(C(F)(F)F)c1)C(=O)N1CCC(C#N)(c2ccccc2OCCCCCC(=O)O)CC1. The number of pyridine rings is 1. The number of carboxylic acids is 1. The number of thiophene rings is 1. The number of rotatable bonds is 15. The van der Waals surface area contributed by atoms with Gasteiger partial charge in [-0.15, -0.1) is 11.3 Å². The number of unbranched alkanes of at least 4 members (excludes halogenated alkanes) is 2. The maximum absolute atomic E-state index is 15.0. The van der Waals surface area contributed by atoms with Gasteiger partial charge in [-0.2, -0.15) is 18.4 Å². The zero-order valence-corrected chi connectivity index (χ0v) is 31.1. The molecule has 3 aromatic rings. The van der Waals surface area contributed by atoms with Gasteiger partial charge in [-0.05, 0) is 57.1 Å². The van der Waals surface area contributed by atoms with Crippen LogP contribution in [0.1, 0.15) is 104 Å². The van der Waals surface area contributed by atoms with Crippen LogP contribution in [-0.4, -0.2) is 75.6 Å². The molecule has 0 bridgehead atoms. The lowest BCUT2D eigenvalue weighted by molar-refractivity contribution is -0.160. The highest BCUT2D eigenvalue weighted by molar-refractivity contribution is 7.10. The molecule has 2 fully saturated rings. The van der Waals surface area contributed by atoms with Gasteiger partial charge in [0.25, 0.3) is 18.2 Å². The number of nitrogens with zero attached hydrogens (tertiary/aromatic N) is 4. The van der Waals surface area contributed by atoms with E-state index in [-0.39, 0.29) is 69.5 Å². The Labute approximate surface area is 319 Å². The molecule has 2 aromatic heterocycles. The number of carboxylic acid groups (broad SMARTS) is 1. The van der Waals surface area contributed by atoms with Crippen LogP contribution in [0.2, 0.25) is 0 Å². The van der Waals surface area contributed by atoms with E-state index in [1.54, 1.807) is 24.3 Å². The first-order valence-electron chi connectivity index (χ1n) is 18.3. The molecule has 0 radical (unpaired) electrons. The predicted octanol–water partition coefficient (Wildman–Crippen LogP) is 8.43. The van der Waals surface area contributed by atoms with Crippen molar-refractivity contribution >= 4 is 29.1 Å². The third-order valence-corrected chi connectivity index (χ3v) is 11.3. The van der Waals surface area contributed by atoms with E-state index in [0.29, 0.717) is 54.9 Å². The normalized spacial score (nSPS) is 19.9. The Hall–Kier alpha value is -4.78. The summed E-state index contributed by atoms with van der Waals surface area (Å²) in [6, 6.07) is 10.4. The van der Waals surface area contributed by atoms with Crippen molar-refractivity contribution in [2.24, 2.45) is 0 Å². The summed E-state index contributed by atoms with van der Waals surface area (Å²) in [5.74, 6) is -1.92. The lowest BCUT2D eigenvalue weighted by Gasteiger charge is -2.51. The Morgan fingerprint density at radius 2 is 1.84 bits per heavy atom. The highest BCUT2D eigenvalue weighted by Crippen LogP contribution is 2.45. The Bertz CT molecular complexity index is 1860. The molecule has 296 valence electrons. The van der Waals surface area contributed by atoms with Crippen LogP contribution in [0.15, 0.2) is 54.2 Å². The van der Waals surface area contributed by atoms with Crippen LogP contribution in [0.4, 0.5) is 22.0 Å². The number of aromatic nitrogens is 1. The number of halogens is 5. The van der Waals surface area contributed by atoms with Gasteiger partial charge in [0.2, 0.25) is 5.60 Å². The van der Waals surface area contributed by atoms with Crippen molar-refractivity contribution in [3.05, 3.63) is 75.7 Å². The summed E-state index contributed by atoms with van der Waals surface area (Å²) in [5, 5.41) is 20.6. The number of hydrogen-bond acceptors (Lipinski definition) is 8. The van der Waals surface area contributed by atoms with E-state index in [1.165, 1.54) is 9.80 Å². The van der Waals surface area contributed by atoms with Gasteiger partial charge in [-0.25, -0.2) is 8.78 Å². The first-order valence-corrected chi connectivity index (χ1v) is 19.2. The fraction of sp³-hybridized carbons (Fsp3) is 0.513. The second kappa shape index (κ2) is 17.8. The van der Waals surface area contributed by atoms with Gasteiger partial charge in [0.05, 0.1) is 29.7 Å². The number of amides is 2. The molecule has 0 spiro atoms. The van der Waals surface area contributed by atoms with E-state index in [1.807, 2.05) is 6.92 Å². The van der Waals surface area contributed by atoms with Crippen LogP contribution >= 0.6 is 11.3 Å². The van der Waals surface area contributed by atoms with E-state index in [2.05, 4.69) is 11.1 Å². The number of hydrogen-bond donors (Lipinski definition) is 1. The van der Waals surface area contributed by atoms with E-state index in [0.717, 1.165) is 29.9 Å². The molecule has 0 unspecified atom stereocenters. The van der Waals surface area contributed by atoms with E-state index in [4.69, 9.17) is 14.6 Å². The first kappa shape index (κ1) is 41.4. The number of piperidine rings is 2. The van der Waals surface area contributed by atoms with Crippen LogP contribution in [0, 0.1) is 11.3 Å². The van der Waals surface area contributed by atoms with Gasteiger partial charge in [0, 0.05) is 67.4 Å². The minimum atomic E-state index is -4.67. The van der Waals surface area contributed by atoms with Crippen LogP contribution in [0.5, 0.6) is 11.5 Å². The number of benzene rings is 1. The Balaban J connectivity index is 1.45. The number of ether oxygens (including phenoxy) is 2. The molecule has 0 saturated carbocycles. The Kier molecular flexibility index (Phi) is 13.4. The highest BCUT2D eigenvalue weighted by Gasteiger charge is 2.56. The standard InChI is InChI=1S/C39H43F5N4O6S/c1-2-9-31-38(54-26-22-32(55-24-26)39(42,43)44,14-8-18-48(31)35(51)28-23-46-17-13-27(28)34(40)41)36(52)47-19-15-37(25-45,16-20-47)29-10-5-6-11-30(29)53-21-7-3-4-12-33(49)50/h5-6,10-11,13,17,22-24,31,34H,2-4,7-9,12,14-16,18-21H2,1H3,(H,49,50)/t31-,38+/m1/s1. The number of nitriles is 1. The average molecular weight is 791 g/mol. The van der Waals surface area contributed by atoms with Crippen molar-refractivity contribution in [3.8, 4) is 17.6 Å². The molecular formula is C39H43F5N4O6S. The third-order valence-electron chi connectivity index (χ3n) is 10.3. The molecule has 2 aliphatic rings. The summed E-state index contributed by atoms with van der Waals surface area (Å²) < 4.78 is 81.7. The molecule has 4 heterocycles. The third kappa shape index (κ3) is 9.20. The van der Waals surface area contributed by atoms with Gasteiger partial charge in [-0.3, -0.25) is 19.4 Å². The zero-order chi connectivity index (χ0) is 39.8. The predicted molar refractivity (Wildman–Crippen MR) is 192 cm³/mol. The second-order valence-corrected chi connectivity index (χ2v) is 14.8. The number of likely N-dealkylation sites (tertiary alicyclic amines) is 2. The molecule has 16 heteroatoms. The van der Waals surface area contributed by atoms with Crippen LogP contribution < -0.4 is 9.47 Å². The lowest BCUT2D eigenvalue weighted by Crippen LogP contribution is -2.68. The molecule has 2 amide bonds. The average Bonchev–Trinajstić information content (AvgIpc) is 3.66. The van der Waals surface area contributed by atoms with Crippen molar-refractivity contribution in [3.63, 3.8) is 0 Å². The summed E-state index contributed by atoms with van der Waals surface area (Å²) >= 11 is 0.408. The van der Waals surface area contributed by atoms with Gasteiger partial charge >= 0.3 is 12.1 Å². The van der Waals surface area contributed by atoms with Gasteiger partial charge in [0.15, 0.2) is 0 Å². The minimum Gasteiger partial charge on any atom is -0.493 e. The van der Waals surface area contributed by atoms with Gasteiger partial charge in [-0.1, -0.05) is 31.5 Å². The highest BCUT2D eigenvalue weighted by atomic mass is 32.1. The number of aliphatic carboxylic acids is 1. The molecule has 2 aliphatic heterocycles. The van der Waals surface area contributed by atoms with E-state index in [9.17, 15) is 41.6 Å². The summed E-state index contributed by atoms with van der Waals surface area (Å²) in [7, 11) is 0. The molecule has 1 aromatic carbocycles. The van der Waals surface area contributed by atoms with Gasteiger partial charge in [0.1, 0.15) is 16.4 Å². The molecule has 2 atom stereocenters. The Morgan fingerprint density at radius 3 is 2.49 bits per heavy atom. The topological polar surface area (TPSA) is 133 Å². The monoisotopic (exact) mass is 790 g/mol. The summed E-state index contributed by atoms with van der Waals surface area (Å²) in [5.41, 5.74) is -3.16. The molecular weight excluding hydrogens is 748 g/mol. The zero-order valence-electron chi connectivity index (χ0n) is 30.3. The smallest absolute Gasteiger partial charge is 0.425 e. The Morgan fingerprint density at radius 1 is 1.09 bits per heavy atom. The molecule has 0 aliphatic carbocycles. The van der Waals surface area contributed by atoms with E-state index < -0.39 is 57.9 Å². The van der Waals surface area contributed by atoms with Crippen molar-refractivity contribution in [1.29, 1.82) is 5.26 Å². The first-order chi connectivity index (χ1) is 26.3. The van der Waals surface area contributed by atoms with Crippen molar-refractivity contribution in [2.75, 3.05) is 26.2 Å². The molecule has 1 N–H and O–H groups in total. The molecule has 10 nitrogen and oxygen atoms in total. The summed E-state index contributed by atoms with van der Waals surface area (Å²) in [4.78, 5) is 45.7.